The van der Waals surface area contributed by atoms with Gasteiger partial charge in [-0.1, -0.05) is 53.7 Å². The topological polar surface area (TPSA) is 256 Å². The third kappa shape index (κ3) is 10.9. The van der Waals surface area contributed by atoms with E-state index in [0.717, 1.165) is 18.4 Å². The first kappa shape index (κ1) is 48.4. The van der Waals surface area contributed by atoms with Crippen LogP contribution in [0.15, 0.2) is 24.3 Å². The van der Waals surface area contributed by atoms with Gasteiger partial charge in [0.1, 0.15) is 30.0 Å². The number of benzene rings is 1. The van der Waals surface area contributed by atoms with Gasteiger partial charge in [0.25, 0.3) is 0 Å². The first-order valence-electron chi connectivity index (χ1n) is 21.8. The van der Waals surface area contributed by atoms with Crippen LogP contribution in [0.25, 0.3) is 0 Å². The van der Waals surface area contributed by atoms with Gasteiger partial charge in [0, 0.05) is 13.0 Å². The molecular weight excluding hydrogens is 806 g/mol. The minimum absolute atomic E-state index is 0.103. The van der Waals surface area contributed by atoms with Gasteiger partial charge in [-0.05, 0) is 98.7 Å². The molecule has 2 aliphatic heterocycles. The lowest BCUT2D eigenvalue weighted by Crippen LogP contribution is -2.65. The molecule has 17 nitrogen and oxygen atoms in total. The molecule has 3 saturated carbocycles. The number of nitrogens with one attached hydrogen (secondary N) is 4. The number of nitrogens with zero attached hydrogens (tertiary/aromatic N) is 1. The van der Waals surface area contributed by atoms with Crippen LogP contribution in [0.3, 0.4) is 0 Å². The molecule has 5 fully saturated rings. The highest BCUT2D eigenvalue weighted by Crippen LogP contribution is 2.65. The van der Waals surface area contributed by atoms with Gasteiger partial charge in [-0.2, -0.15) is 0 Å². The van der Waals surface area contributed by atoms with Gasteiger partial charge in [0.2, 0.25) is 29.5 Å². The molecular formula is C43H64BFN6O11. The second kappa shape index (κ2) is 19.8. The van der Waals surface area contributed by atoms with Gasteiger partial charge in [0.15, 0.2) is 0 Å². The van der Waals surface area contributed by atoms with Crippen LogP contribution in [0.1, 0.15) is 105 Å². The number of carboxylic acid groups (broad SMARTS) is 2. The summed E-state index contributed by atoms with van der Waals surface area (Å²) in [5, 5.41) is 29.1. The zero-order valence-corrected chi connectivity index (χ0v) is 36.8. The smallest absolute Gasteiger partial charge is 0.481 e. The van der Waals surface area contributed by atoms with Crippen molar-refractivity contribution in [3.05, 3.63) is 35.6 Å². The molecule has 2 bridgehead atoms. The summed E-state index contributed by atoms with van der Waals surface area (Å²) < 4.78 is 27.1. The molecule has 62 heavy (non-hydrogen) atoms. The molecule has 0 radical (unpaired) electrons. The SMILES string of the molecule is CC(C)[C@H](NC(=O)[C@H](CCC(=O)O)NC(=O)[C@@H](N)CC(=O)O)C(=O)N[C@H](C(=O)N1CCC[C@H]1C(=O)N[C@@H](CCc1ccc(F)cc1)B1O[C@H]2C[C@@H]3C[C@@H](C3(C)C)[C@@]2(C)O1)C(C)C. The van der Waals surface area contributed by atoms with Crippen LogP contribution in [0, 0.1) is 34.9 Å². The number of carboxylic acids is 2. The Morgan fingerprint density at radius 2 is 1.52 bits per heavy atom. The van der Waals surface area contributed by atoms with Gasteiger partial charge in [-0.3, -0.25) is 33.6 Å². The van der Waals surface area contributed by atoms with E-state index in [1.807, 2.05) is 0 Å². The summed E-state index contributed by atoms with van der Waals surface area (Å²) in [6.45, 7) is 13.7. The Hall–Kier alpha value is -4.62. The predicted octanol–water partition coefficient (Wildman–Crippen LogP) is 1.93. The molecule has 10 atom stereocenters. The first-order chi connectivity index (χ1) is 29.0. The van der Waals surface area contributed by atoms with Crippen molar-refractivity contribution in [2.24, 2.45) is 34.8 Å². The maximum Gasteiger partial charge on any atom is 0.481 e. The van der Waals surface area contributed by atoms with Crippen LogP contribution in [0.2, 0.25) is 0 Å². The van der Waals surface area contributed by atoms with Gasteiger partial charge in [-0.15, -0.1) is 0 Å². The molecule has 5 amide bonds. The van der Waals surface area contributed by atoms with Gasteiger partial charge in [0.05, 0.1) is 30.1 Å². The molecule has 1 aromatic carbocycles. The molecule has 19 heteroatoms. The predicted molar refractivity (Wildman–Crippen MR) is 224 cm³/mol. The average Bonchev–Trinajstić information content (AvgIpc) is 3.83. The molecule has 3 aliphatic carbocycles. The highest BCUT2D eigenvalue weighted by molar-refractivity contribution is 6.48. The number of carbonyl (C=O) groups excluding carboxylic acids is 5. The first-order valence-corrected chi connectivity index (χ1v) is 21.8. The number of aliphatic carboxylic acids is 2. The summed E-state index contributed by atoms with van der Waals surface area (Å²) in [6.07, 6.45) is 1.95. The summed E-state index contributed by atoms with van der Waals surface area (Å²) in [4.78, 5) is 92.6. The zero-order valence-electron chi connectivity index (χ0n) is 36.8. The maximum atomic E-state index is 14.4. The van der Waals surface area contributed by atoms with Crippen molar-refractivity contribution in [2.75, 3.05) is 6.54 Å². The number of carbonyl (C=O) groups is 7. The molecule has 5 aliphatic rings. The second-order valence-electron chi connectivity index (χ2n) is 19.0. The van der Waals surface area contributed by atoms with E-state index in [1.54, 1.807) is 39.8 Å². The fourth-order valence-electron chi connectivity index (χ4n) is 9.72. The van der Waals surface area contributed by atoms with Gasteiger partial charge < -0.3 is 51.4 Å². The summed E-state index contributed by atoms with van der Waals surface area (Å²) in [5.74, 6) is -7.26. The van der Waals surface area contributed by atoms with Crippen molar-refractivity contribution >= 4 is 48.6 Å². The zero-order chi connectivity index (χ0) is 45.8. The Morgan fingerprint density at radius 1 is 0.871 bits per heavy atom. The van der Waals surface area contributed by atoms with E-state index in [4.69, 9.17) is 20.1 Å². The molecule has 1 aromatic rings. The van der Waals surface area contributed by atoms with Gasteiger partial charge >= 0.3 is 19.1 Å². The number of hydrogen-bond acceptors (Lipinski definition) is 10. The summed E-state index contributed by atoms with van der Waals surface area (Å²) in [5.41, 5.74) is 6.10. The van der Waals surface area contributed by atoms with Crippen molar-refractivity contribution in [1.29, 1.82) is 0 Å². The van der Waals surface area contributed by atoms with Crippen molar-refractivity contribution in [3.63, 3.8) is 0 Å². The summed E-state index contributed by atoms with van der Waals surface area (Å²) >= 11 is 0. The Bertz CT molecular complexity index is 1850. The van der Waals surface area contributed by atoms with Crippen molar-refractivity contribution < 1.29 is 57.5 Å². The molecule has 0 spiro atoms. The highest BCUT2D eigenvalue weighted by atomic mass is 19.1. The third-order valence-electron chi connectivity index (χ3n) is 13.6. The van der Waals surface area contributed by atoms with Crippen molar-refractivity contribution in [1.82, 2.24) is 26.2 Å². The quantitative estimate of drug-likeness (QED) is 0.0929. The Kier molecular flexibility index (Phi) is 15.5. The highest BCUT2D eigenvalue weighted by Gasteiger charge is 2.68. The minimum atomic E-state index is -1.52. The minimum Gasteiger partial charge on any atom is -0.481 e. The van der Waals surface area contributed by atoms with Crippen LogP contribution in [0.5, 0.6) is 0 Å². The third-order valence-corrected chi connectivity index (χ3v) is 13.6. The molecule has 2 heterocycles. The number of rotatable bonds is 20. The largest absolute Gasteiger partial charge is 0.481 e. The number of aryl methyl sites for hydroxylation is 1. The van der Waals surface area contributed by atoms with Crippen molar-refractivity contribution in [2.45, 2.75) is 154 Å². The maximum absolute atomic E-state index is 14.4. The molecule has 6 rings (SSSR count). The Labute approximate surface area is 362 Å². The van der Waals surface area contributed by atoms with Crippen LogP contribution < -0.4 is 27.0 Å². The van der Waals surface area contributed by atoms with Crippen LogP contribution in [-0.2, 0) is 49.3 Å². The van der Waals surface area contributed by atoms with Crippen LogP contribution >= 0.6 is 0 Å². The number of nitrogens with two attached hydrogens (primary N) is 1. The van der Waals surface area contributed by atoms with Crippen LogP contribution in [-0.4, -0.2) is 118 Å². The van der Waals surface area contributed by atoms with Crippen LogP contribution in [0.4, 0.5) is 4.39 Å². The fourth-order valence-corrected chi connectivity index (χ4v) is 9.72. The number of halogens is 1. The fraction of sp³-hybridized carbons (Fsp3) is 0.698. The lowest BCUT2D eigenvalue weighted by molar-refractivity contribution is -0.199. The second-order valence-corrected chi connectivity index (χ2v) is 19.0. The van der Waals surface area contributed by atoms with E-state index in [1.165, 1.54) is 17.0 Å². The van der Waals surface area contributed by atoms with E-state index in [-0.39, 0.29) is 30.3 Å². The average molecular weight is 871 g/mol. The van der Waals surface area contributed by atoms with E-state index >= 15 is 0 Å². The Morgan fingerprint density at radius 3 is 2.11 bits per heavy atom. The normalized spacial score (nSPS) is 26.0. The summed E-state index contributed by atoms with van der Waals surface area (Å²) in [6, 6.07) is -0.0350. The number of amides is 5. The molecule has 0 unspecified atom stereocenters. The van der Waals surface area contributed by atoms with E-state index in [0.29, 0.717) is 37.5 Å². The standard InChI is InChI=1S/C43H64BFN6O11/c1-22(2)35(49-38(57)28(15-17-33(52)53)47-37(56)27(46)21-34(54)55)40(59)50-36(23(3)4)41(60)51-18-8-9-29(51)39(58)48-32(16-12-24-10-13-26(45)14-11-24)44-61-31-20-25-19-30(42(25,5)6)43(31,7)62-44/h10-11,13-14,22-23,25,27-32,35-36H,8-9,12,15-21,46H2,1-7H3,(H,47,56)(H,48,58)(H,49,57)(H,50,59)(H,52,53)(H,54,55)/t25-,27-,28-,29-,30-,31-,32-,35-,36-,43+/m0/s1. The van der Waals surface area contributed by atoms with E-state index < -0.39 is 115 Å². The number of hydrogen-bond donors (Lipinski definition) is 7. The summed E-state index contributed by atoms with van der Waals surface area (Å²) in [7, 11) is -0.750. The lowest BCUT2D eigenvalue weighted by atomic mass is 9.43. The van der Waals surface area contributed by atoms with Crippen molar-refractivity contribution in [3.8, 4) is 0 Å². The number of likely N-dealkylation sites (tertiary alicyclic amines) is 1. The lowest BCUT2D eigenvalue weighted by Gasteiger charge is -2.64. The Balaban J connectivity index is 1.28. The molecule has 8 N–H and O–H groups in total. The molecule has 0 aromatic heterocycles. The van der Waals surface area contributed by atoms with Gasteiger partial charge in [-0.25, -0.2) is 4.39 Å². The molecule has 2 saturated heterocycles. The van der Waals surface area contributed by atoms with E-state index in [2.05, 4.69) is 42.0 Å². The van der Waals surface area contributed by atoms with E-state index in [9.17, 15) is 43.1 Å². The monoisotopic (exact) mass is 870 g/mol. The molecule has 342 valence electrons.